The van der Waals surface area contributed by atoms with Crippen LogP contribution in [0.5, 0.6) is 5.75 Å². The van der Waals surface area contributed by atoms with Gasteiger partial charge in [0.05, 0.1) is 25.8 Å². The number of hydrogen-bond acceptors (Lipinski definition) is 5. The summed E-state index contributed by atoms with van der Waals surface area (Å²) in [7, 11) is 1.58. The Balaban J connectivity index is 2.42. The molecule has 2 rings (SSSR count). The van der Waals surface area contributed by atoms with Gasteiger partial charge in [-0.05, 0) is 30.7 Å². The first-order valence-corrected chi connectivity index (χ1v) is 7.01. The van der Waals surface area contributed by atoms with E-state index >= 15 is 0 Å². The Hall–Kier alpha value is -2.50. The Bertz CT molecular complexity index is 689. The molecule has 6 heteroatoms. The van der Waals surface area contributed by atoms with E-state index in [0.717, 1.165) is 16.5 Å². The Morgan fingerprint density at radius 3 is 2.64 bits per heavy atom. The fraction of sp³-hybridized carbons (Fsp3) is 0.375. The van der Waals surface area contributed by atoms with Crippen molar-refractivity contribution in [2.75, 3.05) is 13.7 Å². The molecular formula is C16H19NO5. The third kappa shape index (κ3) is 3.58. The van der Waals surface area contributed by atoms with Crippen molar-refractivity contribution in [3.05, 3.63) is 29.5 Å². The van der Waals surface area contributed by atoms with E-state index in [2.05, 4.69) is 4.98 Å². The van der Waals surface area contributed by atoms with Gasteiger partial charge < -0.3 is 19.2 Å². The van der Waals surface area contributed by atoms with Crippen LogP contribution in [0.1, 0.15) is 25.1 Å². The molecule has 22 heavy (non-hydrogen) atoms. The second-order valence-corrected chi connectivity index (χ2v) is 4.76. The number of methoxy groups -OCH3 is 1. The predicted octanol–water partition coefficient (Wildman–Crippen LogP) is 2.35. The third-order valence-electron chi connectivity index (χ3n) is 3.25. The first-order valence-electron chi connectivity index (χ1n) is 7.01. The highest BCUT2D eigenvalue weighted by atomic mass is 16.5. The number of aromatic amines is 1. The van der Waals surface area contributed by atoms with Gasteiger partial charge in [0.2, 0.25) is 0 Å². The van der Waals surface area contributed by atoms with Crippen molar-refractivity contribution < 1.29 is 23.8 Å². The largest absolute Gasteiger partial charge is 0.497 e. The summed E-state index contributed by atoms with van der Waals surface area (Å²) in [5.74, 6) is -0.00994. The number of rotatable bonds is 6. The topological polar surface area (TPSA) is 77.6 Å². The van der Waals surface area contributed by atoms with Crippen LogP contribution in [0, 0.1) is 0 Å². The molecule has 1 aromatic heterocycles. The minimum absolute atomic E-state index is 0.0844. The highest BCUT2D eigenvalue weighted by Crippen LogP contribution is 2.28. The van der Waals surface area contributed by atoms with Crippen molar-refractivity contribution >= 4 is 22.8 Å². The van der Waals surface area contributed by atoms with E-state index in [-0.39, 0.29) is 25.0 Å². The Morgan fingerprint density at radius 2 is 2.00 bits per heavy atom. The molecule has 0 saturated heterocycles. The van der Waals surface area contributed by atoms with Crippen LogP contribution in [0.4, 0.5) is 0 Å². The van der Waals surface area contributed by atoms with Gasteiger partial charge in [-0.2, -0.15) is 0 Å². The van der Waals surface area contributed by atoms with E-state index in [4.69, 9.17) is 14.2 Å². The predicted molar refractivity (Wildman–Crippen MR) is 80.7 cm³/mol. The maximum atomic E-state index is 11.8. The summed E-state index contributed by atoms with van der Waals surface area (Å²) in [6.45, 7) is 3.51. The van der Waals surface area contributed by atoms with E-state index in [1.54, 1.807) is 14.0 Å². The molecule has 1 N–H and O–H groups in total. The van der Waals surface area contributed by atoms with Crippen molar-refractivity contribution in [3.8, 4) is 5.75 Å². The minimum atomic E-state index is -0.377. The van der Waals surface area contributed by atoms with Crippen LogP contribution in [0.15, 0.2) is 18.2 Å². The molecule has 6 nitrogen and oxygen atoms in total. The zero-order chi connectivity index (χ0) is 16.1. The highest BCUT2D eigenvalue weighted by molar-refractivity contribution is 5.89. The number of nitrogens with one attached hydrogen (secondary N) is 1. The number of benzene rings is 1. The number of fused-ring (bicyclic) bond motifs is 1. The molecule has 0 aliphatic heterocycles. The molecule has 0 saturated carbocycles. The van der Waals surface area contributed by atoms with Crippen molar-refractivity contribution in [1.29, 1.82) is 0 Å². The number of H-pyrrole nitrogens is 1. The Kier molecular flexibility index (Phi) is 5.04. The lowest BCUT2D eigenvalue weighted by molar-refractivity contribution is -0.142. The van der Waals surface area contributed by atoms with E-state index in [1.807, 2.05) is 18.2 Å². The number of carbonyl (C=O) groups excluding carboxylic acids is 2. The lowest BCUT2D eigenvalue weighted by Gasteiger charge is -2.06. The summed E-state index contributed by atoms with van der Waals surface area (Å²) in [5.41, 5.74) is 2.29. The summed E-state index contributed by atoms with van der Waals surface area (Å²) >= 11 is 0. The molecule has 118 valence electrons. The number of ether oxygens (including phenoxy) is 3. The van der Waals surface area contributed by atoms with E-state index in [9.17, 15) is 9.59 Å². The average Bonchev–Trinajstić information content (AvgIpc) is 2.82. The molecule has 1 aromatic carbocycles. The molecule has 0 radical (unpaired) electrons. The van der Waals surface area contributed by atoms with Gasteiger partial charge in [0.1, 0.15) is 12.4 Å². The lowest BCUT2D eigenvalue weighted by Crippen LogP contribution is -2.09. The smallest absolute Gasteiger partial charge is 0.310 e. The van der Waals surface area contributed by atoms with Gasteiger partial charge in [0, 0.05) is 17.8 Å². The molecule has 2 aromatic rings. The monoisotopic (exact) mass is 305 g/mol. The van der Waals surface area contributed by atoms with Crippen LogP contribution >= 0.6 is 0 Å². The van der Waals surface area contributed by atoms with E-state index < -0.39 is 0 Å². The molecule has 0 aliphatic rings. The third-order valence-corrected chi connectivity index (χ3v) is 3.25. The summed E-state index contributed by atoms with van der Waals surface area (Å²) in [4.78, 5) is 26.0. The second kappa shape index (κ2) is 6.98. The molecule has 0 atom stereocenters. The van der Waals surface area contributed by atoms with Gasteiger partial charge in [0.15, 0.2) is 0 Å². The first kappa shape index (κ1) is 15.9. The summed E-state index contributed by atoms with van der Waals surface area (Å²) in [5, 5.41) is 0.856. The van der Waals surface area contributed by atoms with Crippen LogP contribution in [0.25, 0.3) is 10.9 Å². The normalized spacial score (nSPS) is 10.5. The summed E-state index contributed by atoms with van der Waals surface area (Å²) < 4.78 is 15.3. The zero-order valence-corrected chi connectivity index (χ0v) is 12.9. The Labute approximate surface area is 128 Å². The van der Waals surface area contributed by atoms with Crippen LogP contribution in [-0.2, 0) is 32.1 Å². The van der Waals surface area contributed by atoms with Gasteiger partial charge in [-0.1, -0.05) is 0 Å². The molecule has 0 bridgehead atoms. The van der Waals surface area contributed by atoms with Gasteiger partial charge in [0.25, 0.3) is 0 Å². The highest BCUT2D eigenvalue weighted by Gasteiger charge is 2.17. The maximum absolute atomic E-state index is 11.8. The number of esters is 2. The van der Waals surface area contributed by atoms with Crippen LogP contribution in [0.2, 0.25) is 0 Å². The first-order chi connectivity index (χ1) is 10.5. The molecule has 0 amide bonds. The fourth-order valence-corrected chi connectivity index (χ4v) is 2.26. The number of carbonyl (C=O) groups is 2. The molecule has 0 aliphatic carbocycles. The fourth-order valence-electron chi connectivity index (χ4n) is 2.26. The van der Waals surface area contributed by atoms with E-state index in [1.165, 1.54) is 6.92 Å². The molecular weight excluding hydrogens is 286 g/mol. The van der Waals surface area contributed by atoms with Gasteiger partial charge in [-0.25, -0.2) is 0 Å². The van der Waals surface area contributed by atoms with Crippen molar-refractivity contribution in [2.24, 2.45) is 0 Å². The van der Waals surface area contributed by atoms with Crippen molar-refractivity contribution in [1.82, 2.24) is 4.98 Å². The summed E-state index contributed by atoms with van der Waals surface area (Å²) in [6.07, 6.45) is 0.109. The Morgan fingerprint density at radius 1 is 1.23 bits per heavy atom. The molecule has 0 fully saturated rings. The lowest BCUT2D eigenvalue weighted by atomic mass is 10.1. The zero-order valence-electron chi connectivity index (χ0n) is 12.9. The number of aromatic nitrogens is 1. The number of hydrogen-bond donors (Lipinski definition) is 1. The second-order valence-electron chi connectivity index (χ2n) is 4.76. The van der Waals surface area contributed by atoms with Gasteiger partial charge in [-0.3, -0.25) is 9.59 Å². The molecule has 1 heterocycles. The van der Waals surface area contributed by atoms with Gasteiger partial charge >= 0.3 is 11.9 Å². The molecule has 0 spiro atoms. The van der Waals surface area contributed by atoms with Crippen LogP contribution in [0.3, 0.4) is 0 Å². The summed E-state index contributed by atoms with van der Waals surface area (Å²) in [6, 6.07) is 5.53. The maximum Gasteiger partial charge on any atom is 0.310 e. The van der Waals surface area contributed by atoms with Crippen LogP contribution < -0.4 is 4.74 Å². The van der Waals surface area contributed by atoms with E-state index in [0.29, 0.717) is 18.1 Å². The van der Waals surface area contributed by atoms with Crippen LogP contribution in [-0.4, -0.2) is 30.6 Å². The van der Waals surface area contributed by atoms with Gasteiger partial charge in [-0.15, -0.1) is 0 Å². The standard InChI is InChI=1S/C16H19NO5/c1-4-21-16(19)8-13-12-7-11(20-3)5-6-14(12)17-15(13)9-22-10(2)18/h5-7,17H,4,8-9H2,1-3H3. The van der Waals surface area contributed by atoms with Crippen molar-refractivity contribution in [2.45, 2.75) is 26.9 Å². The minimum Gasteiger partial charge on any atom is -0.497 e. The molecule has 0 unspecified atom stereocenters. The average molecular weight is 305 g/mol. The van der Waals surface area contributed by atoms with Crippen molar-refractivity contribution in [3.63, 3.8) is 0 Å². The SMILES string of the molecule is CCOC(=O)Cc1c(COC(C)=O)[nH]c2ccc(OC)cc12. The quantitative estimate of drug-likeness (QED) is 0.829.